The summed E-state index contributed by atoms with van der Waals surface area (Å²) in [6.45, 7) is 2.93. The van der Waals surface area contributed by atoms with Gasteiger partial charge in [-0.15, -0.1) is 0 Å². The number of fused-ring (bicyclic) bond motifs is 1. The molecule has 0 saturated carbocycles. The van der Waals surface area contributed by atoms with Gasteiger partial charge in [0.15, 0.2) is 0 Å². The quantitative estimate of drug-likeness (QED) is 0.714. The number of ether oxygens (including phenoxy) is 1. The van der Waals surface area contributed by atoms with Crippen molar-refractivity contribution in [3.8, 4) is 0 Å². The van der Waals surface area contributed by atoms with Crippen LogP contribution < -0.4 is 0 Å². The van der Waals surface area contributed by atoms with Crippen molar-refractivity contribution in [1.82, 2.24) is 0 Å². The van der Waals surface area contributed by atoms with Gasteiger partial charge in [0, 0.05) is 7.11 Å². The number of hydrogen-bond acceptors (Lipinski definition) is 1. The second-order valence-electron chi connectivity index (χ2n) is 4.14. The van der Waals surface area contributed by atoms with E-state index in [1.54, 1.807) is 7.11 Å². The van der Waals surface area contributed by atoms with E-state index in [0.717, 1.165) is 6.61 Å². The zero-order chi connectivity index (χ0) is 10.7. The molecule has 0 saturated heterocycles. The van der Waals surface area contributed by atoms with Gasteiger partial charge in [-0.1, -0.05) is 24.3 Å². The molecule has 1 aliphatic carbocycles. The van der Waals surface area contributed by atoms with Crippen molar-refractivity contribution in [2.45, 2.75) is 26.2 Å². The Morgan fingerprint density at radius 2 is 2.20 bits per heavy atom. The number of hydrogen-bond donors (Lipinski definition) is 0. The Hall–Kier alpha value is -1.08. The minimum Gasteiger partial charge on any atom is -0.381 e. The Bertz CT molecular complexity index is 377. The van der Waals surface area contributed by atoms with Crippen LogP contribution in [0, 0.1) is 6.92 Å². The van der Waals surface area contributed by atoms with Crippen LogP contribution in [0.5, 0.6) is 0 Å². The topological polar surface area (TPSA) is 9.23 Å². The van der Waals surface area contributed by atoms with Crippen molar-refractivity contribution in [3.63, 3.8) is 0 Å². The Labute approximate surface area is 91.8 Å². The van der Waals surface area contributed by atoms with Gasteiger partial charge in [0.05, 0.1) is 6.61 Å². The van der Waals surface area contributed by atoms with E-state index in [1.165, 1.54) is 41.5 Å². The first kappa shape index (κ1) is 10.4. The summed E-state index contributed by atoms with van der Waals surface area (Å²) in [4.78, 5) is 0. The molecule has 1 nitrogen and oxygen atoms in total. The molecule has 0 aromatic heterocycles. The predicted octanol–water partition coefficient (Wildman–Crippen LogP) is 3.36. The average Bonchev–Trinajstić information content (AvgIpc) is 2.27. The maximum Gasteiger partial charge on any atom is 0.0649 e. The van der Waals surface area contributed by atoms with Crippen LogP contribution >= 0.6 is 0 Å². The van der Waals surface area contributed by atoms with Crippen LogP contribution in [0.3, 0.4) is 0 Å². The summed E-state index contributed by atoms with van der Waals surface area (Å²) in [5.41, 5.74) is 5.86. The smallest absolute Gasteiger partial charge is 0.0649 e. The van der Waals surface area contributed by atoms with Gasteiger partial charge in [0.1, 0.15) is 0 Å². The van der Waals surface area contributed by atoms with Crippen molar-refractivity contribution >= 4 is 5.57 Å². The summed E-state index contributed by atoms with van der Waals surface area (Å²) < 4.78 is 5.11. The molecule has 0 heterocycles. The molecule has 0 N–H and O–H groups in total. The molecule has 1 aliphatic rings. The third kappa shape index (κ3) is 2.13. The van der Waals surface area contributed by atoms with E-state index < -0.39 is 0 Å². The zero-order valence-corrected chi connectivity index (χ0v) is 9.55. The summed E-state index contributed by atoms with van der Waals surface area (Å²) >= 11 is 0. The van der Waals surface area contributed by atoms with E-state index >= 15 is 0 Å². The Balaban J connectivity index is 2.38. The molecule has 2 rings (SSSR count). The molecule has 0 bridgehead atoms. The van der Waals surface area contributed by atoms with Crippen LogP contribution in [0.15, 0.2) is 24.3 Å². The van der Waals surface area contributed by atoms with Crippen molar-refractivity contribution in [3.05, 3.63) is 41.0 Å². The third-order valence-electron chi connectivity index (χ3n) is 3.13. The molecule has 1 aromatic carbocycles. The highest BCUT2D eigenvalue weighted by Crippen LogP contribution is 2.32. The summed E-state index contributed by atoms with van der Waals surface area (Å²) in [5.74, 6) is 0. The minimum absolute atomic E-state index is 0.725. The van der Waals surface area contributed by atoms with Gasteiger partial charge >= 0.3 is 0 Å². The monoisotopic (exact) mass is 202 g/mol. The van der Waals surface area contributed by atoms with Crippen molar-refractivity contribution in [2.24, 2.45) is 0 Å². The highest BCUT2D eigenvalue weighted by Gasteiger charge is 2.14. The second kappa shape index (κ2) is 4.63. The van der Waals surface area contributed by atoms with Crippen LogP contribution in [0.1, 0.15) is 29.5 Å². The fourth-order valence-electron chi connectivity index (χ4n) is 2.32. The van der Waals surface area contributed by atoms with Crippen molar-refractivity contribution < 1.29 is 4.74 Å². The molecule has 80 valence electrons. The van der Waals surface area contributed by atoms with E-state index in [1.807, 2.05) is 0 Å². The molecule has 0 radical (unpaired) electrons. The van der Waals surface area contributed by atoms with Gasteiger partial charge in [-0.3, -0.25) is 0 Å². The summed E-state index contributed by atoms with van der Waals surface area (Å²) in [5, 5.41) is 0. The van der Waals surface area contributed by atoms with Gasteiger partial charge in [0.2, 0.25) is 0 Å². The lowest BCUT2D eigenvalue weighted by Gasteiger charge is -2.20. The van der Waals surface area contributed by atoms with Gasteiger partial charge < -0.3 is 4.74 Å². The maximum atomic E-state index is 5.11. The molecule has 1 aromatic rings. The first-order valence-electron chi connectivity index (χ1n) is 5.59. The normalized spacial score (nSPS) is 17.9. The average molecular weight is 202 g/mol. The van der Waals surface area contributed by atoms with E-state index in [9.17, 15) is 0 Å². The standard InChI is InChI=1S/C14H18O/c1-11-5-3-8-14-12(9-10-15-2)6-4-7-13(11)14/h3,5,8-9H,4,6-7,10H2,1-2H3/b12-9+. The molecular formula is C14H18O. The molecule has 0 aliphatic heterocycles. The Morgan fingerprint density at radius 3 is 3.00 bits per heavy atom. The summed E-state index contributed by atoms with van der Waals surface area (Å²) in [6, 6.07) is 6.60. The van der Waals surface area contributed by atoms with Crippen LogP contribution in [-0.2, 0) is 11.2 Å². The fraction of sp³-hybridized carbons (Fsp3) is 0.429. The molecule has 0 atom stereocenters. The number of benzene rings is 1. The van der Waals surface area contributed by atoms with Gasteiger partial charge in [-0.25, -0.2) is 0 Å². The summed E-state index contributed by atoms with van der Waals surface area (Å²) in [7, 11) is 1.75. The van der Waals surface area contributed by atoms with Crippen LogP contribution in [-0.4, -0.2) is 13.7 Å². The third-order valence-corrected chi connectivity index (χ3v) is 3.13. The van der Waals surface area contributed by atoms with Gasteiger partial charge in [-0.05, 0) is 48.4 Å². The Morgan fingerprint density at radius 1 is 1.33 bits per heavy atom. The number of aryl methyl sites for hydroxylation is 1. The first-order valence-corrected chi connectivity index (χ1v) is 5.59. The number of allylic oxidation sites excluding steroid dienone is 1. The van der Waals surface area contributed by atoms with E-state index in [0.29, 0.717) is 0 Å². The van der Waals surface area contributed by atoms with Crippen LogP contribution in [0.25, 0.3) is 5.57 Å². The number of rotatable bonds is 2. The Kier molecular flexibility index (Phi) is 3.22. The van der Waals surface area contributed by atoms with E-state index in [2.05, 4.69) is 31.2 Å². The molecular weight excluding hydrogens is 184 g/mol. The predicted molar refractivity (Wildman–Crippen MR) is 64.0 cm³/mol. The largest absolute Gasteiger partial charge is 0.381 e. The summed E-state index contributed by atoms with van der Waals surface area (Å²) in [6.07, 6.45) is 5.91. The molecule has 15 heavy (non-hydrogen) atoms. The minimum atomic E-state index is 0.725. The van der Waals surface area contributed by atoms with Gasteiger partial charge in [0.25, 0.3) is 0 Å². The zero-order valence-electron chi connectivity index (χ0n) is 9.55. The highest BCUT2D eigenvalue weighted by atomic mass is 16.5. The second-order valence-corrected chi connectivity index (χ2v) is 4.14. The van der Waals surface area contributed by atoms with Crippen LogP contribution in [0.4, 0.5) is 0 Å². The van der Waals surface area contributed by atoms with Crippen LogP contribution in [0.2, 0.25) is 0 Å². The van der Waals surface area contributed by atoms with E-state index in [4.69, 9.17) is 4.74 Å². The molecule has 0 unspecified atom stereocenters. The SMILES string of the molecule is COC/C=C1\CCCc2c(C)cccc21. The fourth-order valence-corrected chi connectivity index (χ4v) is 2.32. The lowest BCUT2D eigenvalue weighted by atomic mass is 9.85. The lowest BCUT2D eigenvalue weighted by molar-refractivity contribution is 0.234. The highest BCUT2D eigenvalue weighted by molar-refractivity contribution is 5.71. The lowest BCUT2D eigenvalue weighted by Crippen LogP contribution is -2.04. The maximum absolute atomic E-state index is 5.11. The molecule has 0 amide bonds. The molecule has 0 spiro atoms. The van der Waals surface area contributed by atoms with Crippen molar-refractivity contribution in [2.75, 3.05) is 13.7 Å². The molecule has 1 heteroatoms. The number of methoxy groups -OCH3 is 1. The van der Waals surface area contributed by atoms with Gasteiger partial charge in [-0.2, -0.15) is 0 Å². The van der Waals surface area contributed by atoms with Crippen molar-refractivity contribution in [1.29, 1.82) is 0 Å². The van der Waals surface area contributed by atoms with E-state index in [-0.39, 0.29) is 0 Å². The first-order chi connectivity index (χ1) is 7.33. The molecule has 0 fully saturated rings.